The van der Waals surface area contributed by atoms with Crippen LogP contribution in [0.5, 0.6) is 0 Å². The number of halogens is 2. The maximum Gasteiger partial charge on any atom is 0.242 e. The molecule has 0 radical (unpaired) electrons. The van der Waals surface area contributed by atoms with Crippen molar-refractivity contribution in [3.63, 3.8) is 0 Å². The minimum Gasteiger partial charge on any atom is -0.352 e. The molecule has 0 bridgehead atoms. The summed E-state index contributed by atoms with van der Waals surface area (Å²) >= 11 is 13.2. The van der Waals surface area contributed by atoms with E-state index in [2.05, 4.69) is 5.32 Å². The second-order valence-electron chi connectivity index (χ2n) is 3.18. The molecule has 0 spiro atoms. The van der Waals surface area contributed by atoms with Crippen LogP contribution in [0.4, 0.5) is 0 Å². The first-order chi connectivity index (χ1) is 6.52. The third kappa shape index (κ3) is 2.87. The Morgan fingerprint density at radius 3 is 2.64 bits per heavy atom. The summed E-state index contributed by atoms with van der Waals surface area (Å²) in [4.78, 5) is 11.5. The van der Waals surface area contributed by atoms with E-state index >= 15 is 0 Å². The van der Waals surface area contributed by atoms with Gasteiger partial charge in [0.25, 0.3) is 0 Å². The van der Waals surface area contributed by atoms with Gasteiger partial charge in [-0.15, -0.1) is 22.9 Å². The van der Waals surface area contributed by atoms with Crippen LogP contribution >= 0.6 is 34.5 Å². The van der Waals surface area contributed by atoms with Gasteiger partial charge < -0.3 is 5.32 Å². The number of nitrogens with one attached hydrogen (secondary N) is 1. The quantitative estimate of drug-likeness (QED) is 0.822. The summed E-state index contributed by atoms with van der Waals surface area (Å²) in [6, 6.07) is 1.85. The smallest absolute Gasteiger partial charge is 0.242 e. The summed E-state index contributed by atoms with van der Waals surface area (Å²) in [6.07, 6.45) is 0. The van der Waals surface area contributed by atoms with Gasteiger partial charge in [0.15, 0.2) is 0 Å². The van der Waals surface area contributed by atoms with E-state index in [4.69, 9.17) is 23.2 Å². The Labute approximate surface area is 97.2 Å². The number of carbonyl (C=O) groups excluding carboxylic acids is 1. The molecule has 1 N–H and O–H groups in total. The van der Waals surface area contributed by atoms with Crippen molar-refractivity contribution in [2.45, 2.75) is 25.3 Å². The summed E-state index contributed by atoms with van der Waals surface area (Å²) in [5.41, 5.74) is 0.677. The maximum atomic E-state index is 11.5. The Morgan fingerprint density at radius 2 is 2.21 bits per heavy atom. The zero-order valence-electron chi connectivity index (χ0n) is 7.88. The number of amides is 1. The van der Waals surface area contributed by atoms with Crippen LogP contribution in [-0.4, -0.2) is 11.9 Å². The Morgan fingerprint density at radius 1 is 1.57 bits per heavy atom. The zero-order valence-corrected chi connectivity index (χ0v) is 10.2. The Hall–Kier alpha value is -0.250. The van der Waals surface area contributed by atoms with Crippen LogP contribution in [0.1, 0.15) is 24.8 Å². The van der Waals surface area contributed by atoms with Crippen LogP contribution in [0.15, 0.2) is 11.4 Å². The molecule has 14 heavy (non-hydrogen) atoms. The SMILES string of the molecule is CC(C)NC(=O)C(Cl)c1ccsc1Cl. The fourth-order valence-electron chi connectivity index (χ4n) is 0.984. The van der Waals surface area contributed by atoms with E-state index in [1.807, 2.05) is 19.2 Å². The lowest BCUT2D eigenvalue weighted by Gasteiger charge is -2.12. The van der Waals surface area contributed by atoms with Crippen molar-refractivity contribution in [1.29, 1.82) is 0 Å². The van der Waals surface area contributed by atoms with E-state index in [0.29, 0.717) is 9.90 Å². The number of alkyl halides is 1. The lowest BCUT2D eigenvalue weighted by molar-refractivity contribution is -0.121. The molecule has 0 fully saturated rings. The Balaban J connectivity index is 2.71. The predicted octanol–water partition coefficient (Wildman–Crippen LogP) is 3.21. The molecule has 0 aliphatic rings. The lowest BCUT2D eigenvalue weighted by atomic mass is 10.2. The number of hydrogen-bond acceptors (Lipinski definition) is 2. The van der Waals surface area contributed by atoms with Gasteiger partial charge in [-0.2, -0.15) is 0 Å². The third-order valence-corrected chi connectivity index (χ3v) is 3.21. The predicted molar refractivity (Wildman–Crippen MR) is 61.2 cm³/mol. The average Bonchev–Trinajstić information content (AvgIpc) is 2.48. The number of carbonyl (C=O) groups is 1. The van der Waals surface area contributed by atoms with Crippen molar-refractivity contribution < 1.29 is 4.79 Å². The van der Waals surface area contributed by atoms with E-state index in [9.17, 15) is 4.79 Å². The van der Waals surface area contributed by atoms with E-state index in [0.717, 1.165) is 0 Å². The first-order valence-corrected chi connectivity index (χ1v) is 5.89. The van der Waals surface area contributed by atoms with Gasteiger partial charge in [-0.25, -0.2) is 0 Å². The van der Waals surface area contributed by atoms with Gasteiger partial charge in [-0.3, -0.25) is 4.79 Å². The molecule has 0 aromatic carbocycles. The molecule has 1 aromatic heterocycles. The molecule has 1 rings (SSSR count). The van der Waals surface area contributed by atoms with Crippen molar-refractivity contribution in [3.8, 4) is 0 Å². The van der Waals surface area contributed by atoms with Gasteiger partial charge in [-0.05, 0) is 25.3 Å². The van der Waals surface area contributed by atoms with Gasteiger partial charge >= 0.3 is 0 Å². The van der Waals surface area contributed by atoms with Crippen LogP contribution in [-0.2, 0) is 4.79 Å². The molecule has 5 heteroatoms. The molecule has 1 atom stereocenters. The molecule has 2 nitrogen and oxygen atoms in total. The van der Waals surface area contributed by atoms with Crippen molar-refractivity contribution in [3.05, 3.63) is 21.3 Å². The van der Waals surface area contributed by atoms with E-state index < -0.39 is 5.38 Å². The summed E-state index contributed by atoms with van der Waals surface area (Å²) in [5, 5.41) is 3.85. The highest BCUT2D eigenvalue weighted by Gasteiger charge is 2.21. The summed E-state index contributed by atoms with van der Waals surface area (Å²) in [5.74, 6) is -0.207. The van der Waals surface area contributed by atoms with Gasteiger partial charge in [0.05, 0.1) is 4.34 Å². The van der Waals surface area contributed by atoms with E-state index in [1.54, 1.807) is 6.07 Å². The minimum absolute atomic E-state index is 0.0844. The standard InChI is InChI=1S/C9H11Cl2NOS/c1-5(2)12-9(13)7(10)6-3-4-14-8(6)11/h3-5,7H,1-2H3,(H,12,13). The van der Waals surface area contributed by atoms with E-state index in [-0.39, 0.29) is 11.9 Å². The zero-order chi connectivity index (χ0) is 10.7. The summed E-state index contributed by atoms with van der Waals surface area (Å²) in [6.45, 7) is 3.77. The molecule has 1 unspecified atom stereocenters. The molecule has 1 heterocycles. The highest BCUT2D eigenvalue weighted by molar-refractivity contribution is 7.14. The van der Waals surface area contributed by atoms with Crippen LogP contribution in [0.25, 0.3) is 0 Å². The van der Waals surface area contributed by atoms with Crippen LogP contribution in [0.2, 0.25) is 4.34 Å². The van der Waals surface area contributed by atoms with Crippen LogP contribution < -0.4 is 5.32 Å². The number of rotatable bonds is 3. The van der Waals surface area contributed by atoms with Crippen LogP contribution in [0, 0.1) is 0 Å². The molecule has 78 valence electrons. The normalized spacial score (nSPS) is 12.9. The molecule has 0 saturated heterocycles. The molecule has 0 aliphatic heterocycles. The molecular weight excluding hydrogens is 241 g/mol. The molecule has 1 aromatic rings. The minimum atomic E-state index is -0.698. The van der Waals surface area contributed by atoms with Gasteiger partial charge in [-0.1, -0.05) is 11.6 Å². The molecule has 1 amide bonds. The van der Waals surface area contributed by atoms with Gasteiger partial charge in [0.2, 0.25) is 5.91 Å². The Kier molecular flexibility index (Phi) is 4.23. The maximum absolute atomic E-state index is 11.5. The summed E-state index contributed by atoms with van der Waals surface area (Å²) in [7, 11) is 0. The highest BCUT2D eigenvalue weighted by Crippen LogP contribution is 2.32. The first kappa shape index (κ1) is 11.8. The first-order valence-electron chi connectivity index (χ1n) is 4.19. The fraction of sp³-hybridized carbons (Fsp3) is 0.444. The van der Waals surface area contributed by atoms with E-state index in [1.165, 1.54) is 11.3 Å². The monoisotopic (exact) mass is 251 g/mol. The molecule has 0 saturated carbocycles. The van der Waals surface area contributed by atoms with Gasteiger partial charge in [0.1, 0.15) is 5.38 Å². The largest absolute Gasteiger partial charge is 0.352 e. The molecule has 0 aliphatic carbocycles. The highest BCUT2D eigenvalue weighted by atomic mass is 35.5. The fourth-order valence-corrected chi connectivity index (χ4v) is 2.33. The number of hydrogen-bond donors (Lipinski definition) is 1. The van der Waals surface area contributed by atoms with Crippen molar-refractivity contribution in [2.75, 3.05) is 0 Å². The molecular formula is C9H11Cl2NOS. The topological polar surface area (TPSA) is 29.1 Å². The van der Waals surface area contributed by atoms with Crippen molar-refractivity contribution in [2.24, 2.45) is 0 Å². The second kappa shape index (κ2) is 5.01. The average molecular weight is 252 g/mol. The van der Waals surface area contributed by atoms with Gasteiger partial charge in [0, 0.05) is 11.6 Å². The lowest BCUT2D eigenvalue weighted by Crippen LogP contribution is -2.32. The second-order valence-corrected chi connectivity index (χ2v) is 5.13. The summed E-state index contributed by atoms with van der Waals surface area (Å²) < 4.78 is 0.573. The third-order valence-electron chi connectivity index (χ3n) is 1.58. The van der Waals surface area contributed by atoms with Crippen LogP contribution in [0.3, 0.4) is 0 Å². The number of thiophene rings is 1. The Bertz CT molecular complexity index is 324. The van der Waals surface area contributed by atoms with Crippen molar-refractivity contribution >= 4 is 40.4 Å². The van der Waals surface area contributed by atoms with Crippen molar-refractivity contribution in [1.82, 2.24) is 5.32 Å².